The van der Waals surface area contributed by atoms with Gasteiger partial charge in [0, 0.05) is 43.8 Å². The molecule has 0 aliphatic carbocycles. The van der Waals surface area contributed by atoms with Crippen LogP contribution in [0.1, 0.15) is 5.56 Å². The van der Waals surface area contributed by atoms with E-state index in [0.717, 1.165) is 38.3 Å². The molecule has 4 rings (SSSR count). The summed E-state index contributed by atoms with van der Waals surface area (Å²) in [6.45, 7) is 3.31. The van der Waals surface area contributed by atoms with Crippen LogP contribution in [0, 0.1) is 0 Å². The van der Waals surface area contributed by atoms with E-state index in [1.165, 1.54) is 17.8 Å². The first-order valence-electron chi connectivity index (χ1n) is 9.31. The SMILES string of the molecule is FC(F)(F)c1ccc(Nc2ccnc(N3CCN(c4ccccc4)CC3)n2)cc1. The van der Waals surface area contributed by atoms with E-state index in [1.807, 2.05) is 18.2 Å². The van der Waals surface area contributed by atoms with Crippen LogP contribution < -0.4 is 15.1 Å². The van der Waals surface area contributed by atoms with Crippen molar-refractivity contribution in [3.8, 4) is 0 Å². The lowest BCUT2D eigenvalue weighted by molar-refractivity contribution is -0.137. The molecule has 29 heavy (non-hydrogen) atoms. The smallest absolute Gasteiger partial charge is 0.368 e. The van der Waals surface area contributed by atoms with E-state index >= 15 is 0 Å². The highest BCUT2D eigenvalue weighted by molar-refractivity contribution is 5.58. The third-order valence-electron chi connectivity index (χ3n) is 4.81. The Balaban J connectivity index is 1.40. The van der Waals surface area contributed by atoms with E-state index in [-0.39, 0.29) is 0 Å². The predicted molar refractivity (Wildman–Crippen MR) is 108 cm³/mol. The number of para-hydroxylation sites is 1. The Morgan fingerprint density at radius 2 is 1.45 bits per heavy atom. The number of nitrogens with one attached hydrogen (secondary N) is 1. The molecule has 1 fully saturated rings. The summed E-state index contributed by atoms with van der Waals surface area (Å²) in [5.41, 5.74) is 1.06. The highest BCUT2D eigenvalue weighted by atomic mass is 19.4. The molecule has 0 saturated carbocycles. The first-order valence-corrected chi connectivity index (χ1v) is 9.31. The topological polar surface area (TPSA) is 44.3 Å². The largest absolute Gasteiger partial charge is 0.416 e. The van der Waals surface area contributed by atoms with Crippen molar-refractivity contribution in [1.82, 2.24) is 9.97 Å². The Labute approximate surface area is 166 Å². The van der Waals surface area contributed by atoms with Crippen molar-refractivity contribution in [2.45, 2.75) is 6.18 Å². The van der Waals surface area contributed by atoms with Crippen LogP contribution in [0.3, 0.4) is 0 Å². The van der Waals surface area contributed by atoms with Crippen LogP contribution in [0.2, 0.25) is 0 Å². The molecule has 1 saturated heterocycles. The molecule has 5 nitrogen and oxygen atoms in total. The van der Waals surface area contributed by atoms with E-state index in [1.54, 1.807) is 12.3 Å². The number of rotatable bonds is 4. The van der Waals surface area contributed by atoms with Crippen molar-refractivity contribution in [2.75, 3.05) is 41.3 Å². The van der Waals surface area contributed by atoms with Gasteiger partial charge in [0.25, 0.3) is 0 Å². The molecule has 2 heterocycles. The molecule has 1 aliphatic rings. The van der Waals surface area contributed by atoms with Crippen LogP contribution in [-0.4, -0.2) is 36.1 Å². The van der Waals surface area contributed by atoms with Crippen LogP contribution in [0.15, 0.2) is 66.9 Å². The molecule has 0 spiro atoms. The quantitative estimate of drug-likeness (QED) is 0.697. The number of piperazine rings is 1. The van der Waals surface area contributed by atoms with Gasteiger partial charge in [-0.2, -0.15) is 18.2 Å². The maximum Gasteiger partial charge on any atom is 0.416 e. The van der Waals surface area contributed by atoms with Crippen LogP contribution >= 0.6 is 0 Å². The normalized spacial score (nSPS) is 14.7. The molecule has 150 valence electrons. The number of nitrogens with zero attached hydrogens (tertiary/aromatic N) is 4. The van der Waals surface area contributed by atoms with Crippen molar-refractivity contribution in [2.24, 2.45) is 0 Å². The summed E-state index contributed by atoms with van der Waals surface area (Å²) in [4.78, 5) is 13.3. The minimum atomic E-state index is -4.34. The zero-order valence-electron chi connectivity index (χ0n) is 15.6. The molecule has 1 aliphatic heterocycles. The lowest BCUT2D eigenvalue weighted by atomic mass is 10.2. The van der Waals surface area contributed by atoms with Crippen molar-refractivity contribution in [3.05, 3.63) is 72.4 Å². The molecule has 3 aromatic rings. The Kier molecular flexibility index (Phi) is 5.24. The summed E-state index contributed by atoms with van der Waals surface area (Å²) in [6.07, 6.45) is -2.69. The summed E-state index contributed by atoms with van der Waals surface area (Å²) in [5.74, 6) is 1.15. The van der Waals surface area contributed by atoms with Gasteiger partial charge in [0.15, 0.2) is 0 Å². The maximum atomic E-state index is 12.7. The summed E-state index contributed by atoms with van der Waals surface area (Å²) in [6, 6.07) is 16.8. The zero-order chi connectivity index (χ0) is 20.3. The molecule has 0 bridgehead atoms. The summed E-state index contributed by atoms with van der Waals surface area (Å²) < 4.78 is 38.1. The van der Waals surface area contributed by atoms with Gasteiger partial charge in [-0.1, -0.05) is 18.2 Å². The molecule has 1 aromatic heterocycles. The first-order chi connectivity index (χ1) is 14.0. The van der Waals surface area contributed by atoms with E-state index in [9.17, 15) is 13.2 Å². The van der Waals surface area contributed by atoms with Crippen LogP contribution in [-0.2, 0) is 6.18 Å². The number of hydrogen-bond acceptors (Lipinski definition) is 5. The third kappa shape index (κ3) is 4.59. The number of hydrogen-bond donors (Lipinski definition) is 1. The second-order valence-electron chi connectivity index (χ2n) is 6.75. The van der Waals surface area contributed by atoms with Gasteiger partial charge >= 0.3 is 6.18 Å². The summed E-state index contributed by atoms with van der Waals surface area (Å²) in [7, 11) is 0. The van der Waals surface area contributed by atoms with Crippen molar-refractivity contribution < 1.29 is 13.2 Å². The van der Waals surface area contributed by atoms with Gasteiger partial charge in [-0.3, -0.25) is 0 Å². The Morgan fingerprint density at radius 3 is 2.10 bits per heavy atom. The van der Waals surface area contributed by atoms with Crippen molar-refractivity contribution in [1.29, 1.82) is 0 Å². The molecule has 8 heteroatoms. The average molecular weight is 399 g/mol. The number of anilines is 4. The molecule has 1 N–H and O–H groups in total. The molecule has 0 unspecified atom stereocenters. The highest BCUT2D eigenvalue weighted by Gasteiger charge is 2.30. The Hall–Kier alpha value is -3.29. The fraction of sp³-hybridized carbons (Fsp3) is 0.238. The number of aromatic nitrogens is 2. The fourth-order valence-electron chi connectivity index (χ4n) is 3.26. The standard InChI is InChI=1S/C21H20F3N5/c22-21(23,24)16-6-8-17(9-7-16)26-19-10-11-25-20(27-19)29-14-12-28(13-15-29)18-4-2-1-3-5-18/h1-11H,12-15H2,(H,25,26,27). The zero-order valence-corrected chi connectivity index (χ0v) is 15.6. The number of halogens is 3. The molecule has 2 aromatic carbocycles. The van der Waals surface area contributed by atoms with E-state index < -0.39 is 11.7 Å². The van der Waals surface area contributed by atoms with Gasteiger partial charge in [0.1, 0.15) is 5.82 Å². The lowest BCUT2D eigenvalue weighted by Gasteiger charge is -2.36. The minimum Gasteiger partial charge on any atom is -0.368 e. The van der Waals surface area contributed by atoms with Crippen molar-refractivity contribution in [3.63, 3.8) is 0 Å². The molecule has 0 radical (unpaired) electrons. The van der Waals surface area contributed by atoms with Crippen LogP contribution in [0.4, 0.5) is 36.3 Å². The van der Waals surface area contributed by atoms with E-state index in [2.05, 4.69) is 37.2 Å². The monoisotopic (exact) mass is 399 g/mol. The third-order valence-corrected chi connectivity index (χ3v) is 4.81. The lowest BCUT2D eigenvalue weighted by Crippen LogP contribution is -2.47. The average Bonchev–Trinajstić information content (AvgIpc) is 2.74. The fourth-order valence-corrected chi connectivity index (χ4v) is 3.26. The predicted octanol–water partition coefficient (Wildman–Crippen LogP) is 4.57. The second-order valence-corrected chi connectivity index (χ2v) is 6.75. The number of benzene rings is 2. The second kappa shape index (κ2) is 7.98. The van der Waals surface area contributed by atoms with Gasteiger partial charge < -0.3 is 15.1 Å². The Morgan fingerprint density at radius 1 is 0.793 bits per heavy atom. The Bertz CT molecular complexity index is 937. The van der Waals surface area contributed by atoms with Gasteiger partial charge in [0.2, 0.25) is 5.95 Å². The maximum absolute atomic E-state index is 12.7. The van der Waals surface area contributed by atoms with Crippen LogP contribution in [0.25, 0.3) is 0 Å². The summed E-state index contributed by atoms with van der Waals surface area (Å²) >= 11 is 0. The van der Waals surface area contributed by atoms with Crippen molar-refractivity contribution >= 4 is 23.1 Å². The molecule has 0 atom stereocenters. The van der Waals surface area contributed by atoms with Gasteiger partial charge in [-0.25, -0.2) is 4.98 Å². The first kappa shape index (κ1) is 19.0. The van der Waals surface area contributed by atoms with Gasteiger partial charge in [-0.05, 0) is 42.5 Å². The van der Waals surface area contributed by atoms with Gasteiger partial charge in [0.05, 0.1) is 5.56 Å². The van der Waals surface area contributed by atoms with E-state index in [4.69, 9.17) is 0 Å². The van der Waals surface area contributed by atoms with E-state index in [0.29, 0.717) is 17.5 Å². The van der Waals surface area contributed by atoms with Gasteiger partial charge in [-0.15, -0.1) is 0 Å². The molecule has 0 amide bonds. The minimum absolute atomic E-state index is 0.538. The van der Waals surface area contributed by atoms with Crippen LogP contribution in [0.5, 0.6) is 0 Å². The number of alkyl halides is 3. The molecular formula is C21H20F3N5. The highest BCUT2D eigenvalue weighted by Crippen LogP contribution is 2.30. The summed E-state index contributed by atoms with van der Waals surface area (Å²) in [5, 5.41) is 3.04. The molecular weight excluding hydrogens is 379 g/mol.